The molecule has 0 spiro atoms. The Morgan fingerprint density at radius 1 is 1.40 bits per heavy atom. The van der Waals surface area contributed by atoms with Gasteiger partial charge in [0.05, 0.1) is 11.9 Å². The highest BCUT2D eigenvalue weighted by atomic mass is 16.4. The fourth-order valence-electron chi connectivity index (χ4n) is 1.64. The molecule has 6 heteroatoms. The number of amides is 1. The molecular weight excluding hydrogens is 258 g/mol. The van der Waals surface area contributed by atoms with Crippen LogP contribution in [-0.2, 0) is 11.8 Å². The summed E-state index contributed by atoms with van der Waals surface area (Å²) in [5.74, 6) is -1.31. The predicted octanol–water partition coefficient (Wildman–Crippen LogP) is 1.77. The molecule has 0 bridgehead atoms. The Morgan fingerprint density at radius 2 is 2.20 bits per heavy atom. The minimum absolute atomic E-state index is 0.274. The Bertz CT molecular complexity index is 674. The van der Waals surface area contributed by atoms with E-state index in [1.54, 1.807) is 48.4 Å². The van der Waals surface area contributed by atoms with Crippen molar-refractivity contribution in [2.24, 2.45) is 7.05 Å². The topological polar surface area (TPSA) is 84.2 Å². The molecule has 1 amide bonds. The monoisotopic (exact) mass is 271 g/mol. The minimum Gasteiger partial charge on any atom is -0.478 e. The van der Waals surface area contributed by atoms with E-state index in [-0.39, 0.29) is 5.91 Å². The third-order valence-electron chi connectivity index (χ3n) is 2.53. The van der Waals surface area contributed by atoms with Crippen LogP contribution in [-0.4, -0.2) is 26.8 Å². The van der Waals surface area contributed by atoms with Crippen molar-refractivity contribution in [2.45, 2.75) is 0 Å². The van der Waals surface area contributed by atoms with E-state index in [4.69, 9.17) is 5.11 Å². The first-order chi connectivity index (χ1) is 9.54. The second-order valence-corrected chi connectivity index (χ2v) is 4.15. The number of hydrogen-bond donors (Lipinski definition) is 2. The van der Waals surface area contributed by atoms with E-state index in [2.05, 4.69) is 10.4 Å². The summed E-state index contributed by atoms with van der Waals surface area (Å²) in [6, 6.07) is 6.69. The molecule has 0 radical (unpaired) electrons. The van der Waals surface area contributed by atoms with E-state index in [1.807, 2.05) is 0 Å². The quantitative estimate of drug-likeness (QED) is 0.830. The maximum absolute atomic E-state index is 12.0. The van der Waals surface area contributed by atoms with Crippen LogP contribution in [0.1, 0.15) is 15.9 Å². The molecule has 0 saturated heterocycles. The number of rotatable bonds is 4. The van der Waals surface area contributed by atoms with Crippen LogP contribution >= 0.6 is 0 Å². The lowest BCUT2D eigenvalue weighted by Crippen LogP contribution is -2.11. The van der Waals surface area contributed by atoms with Crippen molar-refractivity contribution in [3.63, 3.8) is 0 Å². The number of aromatic nitrogens is 2. The molecule has 2 rings (SSSR count). The van der Waals surface area contributed by atoms with Crippen molar-refractivity contribution in [1.29, 1.82) is 0 Å². The van der Waals surface area contributed by atoms with Crippen molar-refractivity contribution in [2.75, 3.05) is 5.32 Å². The van der Waals surface area contributed by atoms with E-state index in [0.29, 0.717) is 16.8 Å². The van der Waals surface area contributed by atoms with E-state index in [1.165, 1.54) is 6.08 Å². The van der Waals surface area contributed by atoms with Crippen LogP contribution in [0.3, 0.4) is 0 Å². The summed E-state index contributed by atoms with van der Waals surface area (Å²) in [4.78, 5) is 22.5. The molecule has 102 valence electrons. The SMILES string of the molecule is Cn1cc(NC(=O)c2cccc(C=CC(=O)O)c2)cn1. The lowest BCUT2D eigenvalue weighted by Gasteiger charge is -2.03. The molecule has 2 aromatic rings. The van der Waals surface area contributed by atoms with E-state index in [9.17, 15) is 9.59 Å². The number of nitrogens with zero attached hydrogens (tertiary/aromatic N) is 2. The zero-order valence-electron chi connectivity index (χ0n) is 10.8. The molecule has 2 N–H and O–H groups in total. The van der Waals surface area contributed by atoms with Crippen LogP contribution in [0.4, 0.5) is 5.69 Å². The second kappa shape index (κ2) is 5.83. The zero-order valence-corrected chi connectivity index (χ0v) is 10.8. The van der Waals surface area contributed by atoms with Gasteiger partial charge in [-0.15, -0.1) is 0 Å². The Balaban J connectivity index is 2.14. The first-order valence-electron chi connectivity index (χ1n) is 5.85. The van der Waals surface area contributed by atoms with E-state index in [0.717, 1.165) is 6.08 Å². The number of carboxylic acids is 1. The fourth-order valence-corrected chi connectivity index (χ4v) is 1.64. The van der Waals surface area contributed by atoms with Crippen LogP contribution in [0.15, 0.2) is 42.7 Å². The number of benzene rings is 1. The first-order valence-corrected chi connectivity index (χ1v) is 5.85. The molecule has 0 atom stereocenters. The molecular formula is C14H13N3O3. The average Bonchev–Trinajstić information content (AvgIpc) is 2.82. The molecule has 0 aliphatic rings. The van der Waals surface area contributed by atoms with Crippen LogP contribution in [0.5, 0.6) is 0 Å². The lowest BCUT2D eigenvalue weighted by molar-refractivity contribution is -0.131. The van der Waals surface area contributed by atoms with Gasteiger partial charge < -0.3 is 10.4 Å². The summed E-state index contributed by atoms with van der Waals surface area (Å²) >= 11 is 0. The van der Waals surface area contributed by atoms with Gasteiger partial charge in [0.15, 0.2) is 0 Å². The van der Waals surface area contributed by atoms with Gasteiger partial charge in [0, 0.05) is 24.9 Å². The standard InChI is InChI=1S/C14H13N3O3/c1-17-9-12(8-15-17)16-14(20)11-4-2-3-10(7-11)5-6-13(18)19/h2-9H,1H3,(H,16,20)(H,18,19). The van der Waals surface area contributed by atoms with Gasteiger partial charge in [0.1, 0.15) is 0 Å². The third-order valence-corrected chi connectivity index (χ3v) is 2.53. The van der Waals surface area contributed by atoms with Crippen LogP contribution in [0, 0.1) is 0 Å². The maximum atomic E-state index is 12.0. The number of carbonyl (C=O) groups excluding carboxylic acids is 1. The molecule has 1 aromatic carbocycles. The maximum Gasteiger partial charge on any atom is 0.328 e. The van der Waals surface area contributed by atoms with E-state index >= 15 is 0 Å². The number of carboxylic acid groups (broad SMARTS) is 1. The Labute approximate surface area is 115 Å². The van der Waals surface area contributed by atoms with Gasteiger partial charge in [-0.2, -0.15) is 5.10 Å². The smallest absolute Gasteiger partial charge is 0.328 e. The number of carbonyl (C=O) groups is 2. The number of anilines is 1. The largest absolute Gasteiger partial charge is 0.478 e. The van der Waals surface area contributed by atoms with Crippen molar-refractivity contribution in [1.82, 2.24) is 9.78 Å². The van der Waals surface area contributed by atoms with Gasteiger partial charge in [-0.05, 0) is 23.8 Å². The molecule has 0 fully saturated rings. The highest BCUT2D eigenvalue weighted by molar-refractivity contribution is 6.04. The average molecular weight is 271 g/mol. The number of aryl methyl sites for hydroxylation is 1. The highest BCUT2D eigenvalue weighted by Gasteiger charge is 2.07. The highest BCUT2D eigenvalue weighted by Crippen LogP contribution is 2.11. The minimum atomic E-state index is -1.03. The van der Waals surface area contributed by atoms with Gasteiger partial charge >= 0.3 is 5.97 Å². The molecule has 1 heterocycles. The Hall–Kier alpha value is -2.89. The van der Waals surface area contributed by atoms with E-state index < -0.39 is 5.97 Å². The zero-order chi connectivity index (χ0) is 14.5. The van der Waals surface area contributed by atoms with Crippen LogP contribution < -0.4 is 5.32 Å². The first kappa shape index (κ1) is 13.5. The van der Waals surface area contributed by atoms with Gasteiger partial charge in [0.25, 0.3) is 5.91 Å². The summed E-state index contributed by atoms with van der Waals surface area (Å²) < 4.78 is 1.58. The number of aliphatic carboxylic acids is 1. The van der Waals surface area contributed by atoms with Gasteiger partial charge in [-0.1, -0.05) is 12.1 Å². The Kier molecular flexibility index (Phi) is 3.95. The number of hydrogen-bond acceptors (Lipinski definition) is 3. The summed E-state index contributed by atoms with van der Waals surface area (Å²) in [6.45, 7) is 0. The van der Waals surface area contributed by atoms with Gasteiger partial charge in [-0.3, -0.25) is 9.48 Å². The molecule has 1 aromatic heterocycles. The summed E-state index contributed by atoms with van der Waals surface area (Å²) in [5, 5.41) is 15.2. The van der Waals surface area contributed by atoms with Crippen LogP contribution in [0.25, 0.3) is 6.08 Å². The normalized spacial score (nSPS) is 10.7. The van der Waals surface area contributed by atoms with Crippen molar-refractivity contribution >= 4 is 23.6 Å². The number of nitrogens with one attached hydrogen (secondary N) is 1. The second-order valence-electron chi connectivity index (χ2n) is 4.15. The molecule has 0 aliphatic carbocycles. The summed E-state index contributed by atoms with van der Waals surface area (Å²) in [5.41, 5.74) is 1.69. The lowest BCUT2D eigenvalue weighted by atomic mass is 10.1. The molecule has 0 saturated carbocycles. The van der Waals surface area contributed by atoms with Crippen molar-refractivity contribution < 1.29 is 14.7 Å². The van der Waals surface area contributed by atoms with Gasteiger partial charge in [-0.25, -0.2) is 4.79 Å². The predicted molar refractivity (Wildman–Crippen MR) is 74.3 cm³/mol. The van der Waals surface area contributed by atoms with Crippen molar-refractivity contribution in [3.8, 4) is 0 Å². The third kappa shape index (κ3) is 3.55. The van der Waals surface area contributed by atoms with Gasteiger partial charge in [0.2, 0.25) is 0 Å². The summed E-state index contributed by atoms with van der Waals surface area (Å²) in [6.07, 6.45) is 5.69. The Morgan fingerprint density at radius 3 is 2.85 bits per heavy atom. The van der Waals surface area contributed by atoms with Crippen molar-refractivity contribution in [3.05, 3.63) is 53.9 Å². The molecule has 0 aliphatic heterocycles. The molecule has 20 heavy (non-hydrogen) atoms. The molecule has 0 unspecified atom stereocenters. The fraction of sp³-hybridized carbons (Fsp3) is 0.0714. The summed E-state index contributed by atoms with van der Waals surface area (Å²) in [7, 11) is 1.76. The van der Waals surface area contributed by atoms with Crippen LogP contribution in [0.2, 0.25) is 0 Å². The molecule has 6 nitrogen and oxygen atoms in total.